The summed E-state index contributed by atoms with van der Waals surface area (Å²) in [5, 5.41) is 9.38. The highest BCUT2D eigenvalue weighted by atomic mass is 16.4. The Labute approximate surface area is 86.3 Å². The average Bonchev–Trinajstić information content (AvgIpc) is 2.02. The van der Waals surface area contributed by atoms with Crippen molar-refractivity contribution in [3.63, 3.8) is 0 Å². The van der Waals surface area contributed by atoms with E-state index in [2.05, 4.69) is 6.92 Å². The van der Waals surface area contributed by atoms with E-state index in [4.69, 9.17) is 0 Å². The van der Waals surface area contributed by atoms with Crippen molar-refractivity contribution in [3.05, 3.63) is 0 Å². The van der Waals surface area contributed by atoms with Gasteiger partial charge in [-0.2, -0.15) is 4.79 Å². The van der Waals surface area contributed by atoms with Crippen molar-refractivity contribution < 1.29 is 14.4 Å². The van der Waals surface area contributed by atoms with Gasteiger partial charge in [0.2, 0.25) is 0 Å². The lowest BCUT2D eigenvalue weighted by Gasteiger charge is -2.47. The maximum absolute atomic E-state index is 11.4. The molecule has 1 rings (SSSR count). The normalized spacial score (nSPS) is 34.1. The molecule has 3 heteroatoms. The van der Waals surface area contributed by atoms with Gasteiger partial charge in [0, 0.05) is 0 Å². The van der Waals surface area contributed by atoms with Crippen LogP contribution in [0.5, 0.6) is 0 Å². The fourth-order valence-electron chi connectivity index (χ4n) is 2.29. The zero-order chi connectivity index (χ0) is 11.0. The highest BCUT2D eigenvalue weighted by molar-refractivity contribution is 5.57. The van der Waals surface area contributed by atoms with Crippen LogP contribution in [0.15, 0.2) is 0 Å². The Morgan fingerprint density at radius 3 is 2.00 bits per heavy atom. The fraction of sp³-hybridized carbons (Fsp3) is 0.909. The summed E-state index contributed by atoms with van der Waals surface area (Å²) in [6.07, 6.45) is 1.40. The maximum atomic E-state index is 11.4. The number of hydrogen-bond acceptors (Lipinski definition) is 1. The lowest BCUT2D eigenvalue weighted by molar-refractivity contribution is -0.908. The Morgan fingerprint density at radius 1 is 1.29 bits per heavy atom. The predicted octanol–water partition coefficient (Wildman–Crippen LogP) is 2.71. The highest BCUT2D eigenvalue weighted by Crippen LogP contribution is 2.32. The van der Waals surface area contributed by atoms with Crippen molar-refractivity contribution in [1.29, 1.82) is 0 Å². The van der Waals surface area contributed by atoms with Gasteiger partial charge < -0.3 is 5.11 Å². The Bertz CT molecular complexity index is 222. The second-order valence-electron chi connectivity index (χ2n) is 5.55. The molecular formula is C11H22NO2+. The molecule has 0 radical (unpaired) electrons. The van der Waals surface area contributed by atoms with Crippen molar-refractivity contribution in [2.75, 3.05) is 13.1 Å². The van der Waals surface area contributed by atoms with Crippen LogP contribution in [0.25, 0.3) is 0 Å². The summed E-state index contributed by atoms with van der Waals surface area (Å²) in [4.78, 5) is 11.4. The van der Waals surface area contributed by atoms with Crippen LogP contribution >= 0.6 is 0 Å². The van der Waals surface area contributed by atoms with Crippen molar-refractivity contribution >= 4 is 6.09 Å². The van der Waals surface area contributed by atoms with Gasteiger partial charge in [0.25, 0.3) is 0 Å². The molecule has 1 fully saturated rings. The van der Waals surface area contributed by atoms with Crippen molar-refractivity contribution in [2.45, 2.75) is 46.1 Å². The topological polar surface area (TPSA) is 37.3 Å². The number of piperidine rings is 1. The molecule has 0 aromatic heterocycles. The number of carbonyl (C=O) groups is 1. The molecule has 0 aromatic carbocycles. The predicted molar refractivity (Wildman–Crippen MR) is 56.2 cm³/mol. The molecular weight excluding hydrogens is 178 g/mol. The van der Waals surface area contributed by atoms with Gasteiger partial charge in [0.05, 0.1) is 13.1 Å². The monoisotopic (exact) mass is 200 g/mol. The average molecular weight is 200 g/mol. The molecule has 0 bridgehead atoms. The smallest absolute Gasteiger partial charge is 0.435 e. The molecule has 1 saturated heterocycles. The van der Waals surface area contributed by atoms with E-state index in [9.17, 15) is 9.90 Å². The molecule has 1 amide bonds. The summed E-state index contributed by atoms with van der Waals surface area (Å²) in [6, 6.07) is 0. The van der Waals surface area contributed by atoms with Gasteiger partial charge in [-0.15, -0.1) is 0 Å². The number of amides is 1. The van der Waals surface area contributed by atoms with Crippen molar-refractivity contribution in [2.24, 2.45) is 5.92 Å². The van der Waals surface area contributed by atoms with Crippen LogP contribution in [0.4, 0.5) is 4.79 Å². The standard InChI is InChI=1S/C11H21NO2/c1-9-5-7-12(8-6-9,10(13)14)11(2,3)4/h9H,5-8H2,1-4H3/p+1. The summed E-state index contributed by atoms with van der Waals surface area (Å²) in [5.74, 6) is 0.683. The lowest BCUT2D eigenvalue weighted by atomic mass is 9.91. The van der Waals surface area contributed by atoms with Crippen molar-refractivity contribution in [1.82, 2.24) is 0 Å². The first-order chi connectivity index (χ1) is 6.29. The van der Waals surface area contributed by atoms with Gasteiger partial charge >= 0.3 is 6.09 Å². The molecule has 0 aliphatic carbocycles. The number of quaternary nitrogens is 1. The van der Waals surface area contributed by atoms with E-state index in [1.54, 1.807) is 0 Å². The summed E-state index contributed by atoms with van der Waals surface area (Å²) in [6.45, 7) is 9.84. The molecule has 1 N–H and O–H groups in total. The van der Waals surface area contributed by atoms with Crippen LogP contribution in [-0.2, 0) is 0 Å². The third-order valence-electron chi connectivity index (χ3n) is 3.66. The second-order valence-corrected chi connectivity index (χ2v) is 5.55. The highest BCUT2D eigenvalue weighted by Gasteiger charge is 2.49. The summed E-state index contributed by atoms with van der Waals surface area (Å²) < 4.78 is 0.233. The molecule has 0 saturated carbocycles. The van der Waals surface area contributed by atoms with E-state index in [-0.39, 0.29) is 10.0 Å². The third-order valence-corrected chi connectivity index (χ3v) is 3.66. The van der Waals surface area contributed by atoms with Crippen LogP contribution in [0, 0.1) is 5.92 Å². The van der Waals surface area contributed by atoms with Crippen LogP contribution in [0.3, 0.4) is 0 Å². The van der Waals surface area contributed by atoms with Gasteiger partial charge in [-0.25, -0.2) is 4.48 Å². The number of nitrogens with zero attached hydrogens (tertiary/aromatic N) is 1. The molecule has 0 unspecified atom stereocenters. The van der Waals surface area contributed by atoms with Crippen LogP contribution in [-0.4, -0.2) is 34.3 Å². The zero-order valence-electron chi connectivity index (χ0n) is 9.71. The minimum atomic E-state index is -0.663. The zero-order valence-corrected chi connectivity index (χ0v) is 9.71. The summed E-state index contributed by atoms with van der Waals surface area (Å²) in [7, 11) is 0. The van der Waals surface area contributed by atoms with E-state index in [0.29, 0.717) is 5.92 Å². The first-order valence-electron chi connectivity index (χ1n) is 5.40. The summed E-state index contributed by atoms with van der Waals surface area (Å²) >= 11 is 0. The van der Waals surface area contributed by atoms with E-state index in [0.717, 1.165) is 25.9 Å². The van der Waals surface area contributed by atoms with Crippen LogP contribution < -0.4 is 0 Å². The van der Waals surface area contributed by atoms with Gasteiger partial charge in [0.1, 0.15) is 5.54 Å². The van der Waals surface area contributed by atoms with E-state index in [1.165, 1.54) is 0 Å². The SMILES string of the molecule is CC1CC[N+](C(=O)O)(C(C)(C)C)CC1. The van der Waals surface area contributed by atoms with Crippen LogP contribution in [0.2, 0.25) is 0 Å². The Balaban J connectivity index is 2.90. The lowest BCUT2D eigenvalue weighted by Crippen LogP contribution is -2.65. The van der Waals surface area contributed by atoms with Gasteiger partial charge in [-0.05, 0) is 39.5 Å². The van der Waals surface area contributed by atoms with E-state index in [1.807, 2.05) is 20.8 Å². The molecule has 1 aliphatic heterocycles. The molecule has 1 heterocycles. The molecule has 82 valence electrons. The first-order valence-corrected chi connectivity index (χ1v) is 5.40. The molecule has 0 aromatic rings. The van der Waals surface area contributed by atoms with E-state index < -0.39 is 6.09 Å². The largest absolute Gasteiger partial charge is 0.513 e. The Kier molecular flexibility index (Phi) is 2.91. The van der Waals surface area contributed by atoms with Crippen molar-refractivity contribution in [3.8, 4) is 0 Å². The quantitative estimate of drug-likeness (QED) is 0.610. The second kappa shape index (κ2) is 3.54. The van der Waals surface area contributed by atoms with E-state index >= 15 is 0 Å². The number of likely N-dealkylation sites (tertiary alicyclic amines) is 1. The fourth-order valence-corrected chi connectivity index (χ4v) is 2.29. The number of carboxylic acid groups (broad SMARTS) is 1. The molecule has 14 heavy (non-hydrogen) atoms. The minimum absolute atomic E-state index is 0.189. The Hall–Kier alpha value is -0.570. The summed E-state index contributed by atoms with van der Waals surface area (Å²) in [5.41, 5.74) is -0.189. The molecule has 0 spiro atoms. The third kappa shape index (κ3) is 1.78. The molecule has 3 nitrogen and oxygen atoms in total. The number of hydrogen-bond donors (Lipinski definition) is 1. The molecule has 1 aliphatic rings. The van der Waals surface area contributed by atoms with Gasteiger partial charge in [-0.1, -0.05) is 6.92 Å². The van der Waals surface area contributed by atoms with Gasteiger partial charge in [-0.3, -0.25) is 0 Å². The first kappa shape index (κ1) is 11.5. The maximum Gasteiger partial charge on any atom is 0.513 e. The minimum Gasteiger partial charge on any atom is -0.435 e. The van der Waals surface area contributed by atoms with Crippen LogP contribution in [0.1, 0.15) is 40.5 Å². The number of rotatable bonds is 0. The molecule has 0 atom stereocenters. The van der Waals surface area contributed by atoms with Gasteiger partial charge in [0.15, 0.2) is 0 Å². The Morgan fingerprint density at radius 2 is 1.71 bits per heavy atom.